The van der Waals surface area contributed by atoms with Crippen LogP contribution in [0.3, 0.4) is 0 Å². The molecule has 0 heterocycles. The minimum absolute atomic E-state index is 0.0136. The van der Waals surface area contributed by atoms with E-state index in [2.05, 4.69) is 0 Å². The van der Waals surface area contributed by atoms with Gasteiger partial charge in [0.05, 0.1) is 12.0 Å². The van der Waals surface area contributed by atoms with Gasteiger partial charge in [-0.2, -0.15) is 0 Å². The summed E-state index contributed by atoms with van der Waals surface area (Å²) in [5.41, 5.74) is 2.31. The number of benzene rings is 3. The summed E-state index contributed by atoms with van der Waals surface area (Å²) >= 11 is 0. The van der Waals surface area contributed by atoms with Crippen LogP contribution in [0.5, 0.6) is 5.75 Å². The summed E-state index contributed by atoms with van der Waals surface area (Å²) < 4.78 is 55.6. The Morgan fingerprint density at radius 3 is 1.81 bits per heavy atom. The van der Waals surface area contributed by atoms with Gasteiger partial charge < -0.3 is 4.74 Å². The molecule has 26 heavy (non-hydrogen) atoms. The highest BCUT2D eigenvalue weighted by Crippen LogP contribution is 2.35. The van der Waals surface area contributed by atoms with Gasteiger partial charge in [-0.1, -0.05) is 36.4 Å². The van der Waals surface area contributed by atoms with Crippen molar-refractivity contribution in [3.63, 3.8) is 0 Å². The van der Waals surface area contributed by atoms with Crippen LogP contribution in [-0.4, -0.2) is 15.5 Å². The van der Waals surface area contributed by atoms with Crippen LogP contribution in [0.4, 0.5) is 8.78 Å². The standard InChI is InChI=1S/C19H15F2NO3S/c1-25-19-17(20)10-13(11-18(19)21)16-5-3-2-4-15(16)12-6-8-14(9-7-12)26(22,23)24/h2-11H,1H3,(H2,22,23,24). The van der Waals surface area contributed by atoms with Crippen LogP contribution in [0.1, 0.15) is 0 Å². The SMILES string of the molecule is COc1c(F)cc(-c2ccccc2-c2ccc(S(N)(=O)=O)cc2)cc1F. The molecule has 134 valence electrons. The second-order valence-electron chi connectivity index (χ2n) is 5.59. The molecule has 0 fully saturated rings. The van der Waals surface area contributed by atoms with Crippen LogP contribution >= 0.6 is 0 Å². The maximum Gasteiger partial charge on any atom is 0.238 e. The minimum Gasteiger partial charge on any atom is -0.491 e. The zero-order valence-corrected chi connectivity index (χ0v) is 14.6. The smallest absolute Gasteiger partial charge is 0.238 e. The first-order valence-electron chi connectivity index (χ1n) is 7.57. The fourth-order valence-electron chi connectivity index (χ4n) is 2.72. The Morgan fingerprint density at radius 2 is 1.35 bits per heavy atom. The predicted molar refractivity (Wildman–Crippen MR) is 95.2 cm³/mol. The largest absolute Gasteiger partial charge is 0.491 e. The van der Waals surface area contributed by atoms with Crippen molar-refractivity contribution in [1.29, 1.82) is 0 Å². The molecule has 7 heteroatoms. The van der Waals surface area contributed by atoms with Gasteiger partial charge in [0.25, 0.3) is 0 Å². The summed E-state index contributed by atoms with van der Waals surface area (Å²) in [5, 5.41) is 5.10. The molecule has 0 bridgehead atoms. The van der Waals surface area contributed by atoms with E-state index in [0.717, 1.165) is 0 Å². The van der Waals surface area contributed by atoms with E-state index in [9.17, 15) is 17.2 Å². The average Bonchev–Trinajstić information content (AvgIpc) is 2.61. The van der Waals surface area contributed by atoms with E-state index in [0.29, 0.717) is 22.3 Å². The number of primary sulfonamides is 1. The third-order valence-corrected chi connectivity index (χ3v) is 4.86. The number of nitrogens with two attached hydrogens (primary N) is 1. The van der Waals surface area contributed by atoms with Crippen LogP contribution < -0.4 is 9.88 Å². The molecule has 2 N–H and O–H groups in total. The third kappa shape index (κ3) is 3.44. The molecule has 0 saturated carbocycles. The minimum atomic E-state index is -3.80. The predicted octanol–water partition coefficient (Wildman–Crippen LogP) is 3.95. The van der Waals surface area contributed by atoms with Crippen LogP contribution in [0, 0.1) is 11.6 Å². The molecular formula is C19H15F2NO3S. The van der Waals surface area contributed by atoms with Gasteiger partial charge in [0.2, 0.25) is 10.0 Å². The zero-order valence-electron chi connectivity index (χ0n) is 13.7. The molecule has 3 aromatic rings. The lowest BCUT2D eigenvalue weighted by Gasteiger charge is -2.12. The monoisotopic (exact) mass is 375 g/mol. The fraction of sp³-hybridized carbons (Fsp3) is 0.0526. The first-order valence-corrected chi connectivity index (χ1v) is 9.11. The second-order valence-corrected chi connectivity index (χ2v) is 7.15. The number of halogens is 2. The Hall–Kier alpha value is -2.77. The van der Waals surface area contributed by atoms with Gasteiger partial charge in [-0.15, -0.1) is 0 Å². The van der Waals surface area contributed by atoms with Crippen LogP contribution in [0.2, 0.25) is 0 Å². The highest BCUT2D eigenvalue weighted by atomic mass is 32.2. The number of ether oxygens (including phenoxy) is 1. The molecule has 0 aliphatic rings. The summed E-state index contributed by atoms with van der Waals surface area (Å²) in [6.45, 7) is 0. The Morgan fingerprint density at radius 1 is 0.846 bits per heavy atom. The van der Waals surface area contributed by atoms with Crippen LogP contribution in [0.15, 0.2) is 65.6 Å². The van der Waals surface area contributed by atoms with Crippen LogP contribution in [0.25, 0.3) is 22.3 Å². The van der Waals surface area contributed by atoms with Crippen LogP contribution in [-0.2, 0) is 10.0 Å². The van der Waals surface area contributed by atoms with Crippen molar-refractivity contribution in [3.05, 3.63) is 72.3 Å². The van der Waals surface area contributed by atoms with Gasteiger partial charge >= 0.3 is 0 Å². The molecule has 4 nitrogen and oxygen atoms in total. The van der Waals surface area contributed by atoms with Gasteiger partial charge in [0, 0.05) is 0 Å². The Balaban J connectivity index is 2.13. The van der Waals surface area contributed by atoms with Gasteiger partial charge in [-0.05, 0) is 46.5 Å². The Bertz CT molecular complexity index is 1040. The molecule has 0 spiro atoms. The summed E-state index contributed by atoms with van der Waals surface area (Å²) in [6.07, 6.45) is 0. The molecule has 3 rings (SSSR count). The molecule has 3 aromatic carbocycles. The maximum atomic E-state index is 14.1. The van der Waals surface area contributed by atoms with E-state index in [-0.39, 0.29) is 4.90 Å². The maximum absolute atomic E-state index is 14.1. The molecule has 0 atom stereocenters. The first-order chi connectivity index (χ1) is 12.3. The van der Waals surface area contributed by atoms with Gasteiger partial charge in [-0.25, -0.2) is 22.3 Å². The second kappa shape index (κ2) is 6.86. The van der Waals surface area contributed by atoms with Gasteiger partial charge in [0.1, 0.15) is 0 Å². The lowest BCUT2D eigenvalue weighted by molar-refractivity contribution is 0.360. The lowest BCUT2D eigenvalue weighted by Crippen LogP contribution is -2.11. The molecule has 0 unspecified atom stereocenters. The van der Waals surface area contributed by atoms with E-state index >= 15 is 0 Å². The molecule has 0 saturated heterocycles. The normalized spacial score (nSPS) is 11.4. The van der Waals surface area contributed by atoms with E-state index in [4.69, 9.17) is 9.88 Å². The van der Waals surface area contributed by atoms with E-state index in [1.54, 1.807) is 36.4 Å². The summed E-state index contributed by atoms with van der Waals surface area (Å²) in [4.78, 5) is -0.0136. The molecule has 0 amide bonds. The molecule has 0 aliphatic heterocycles. The van der Waals surface area contributed by atoms with Crippen molar-refractivity contribution in [2.75, 3.05) is 7.11 Å². The van der Waals surface area contributed by atoms with E-state index in [1.807, 2.05) is 0 Å². The van der Waals surface area contributed by atoms with Crippen molar-refractivity contribution >= 4 is 10.0 Å². The number of hydrogen-bond donors (Lipinski definition) is 1. The van der Waals surface area contributed by atoms with Gasteiger partial charge in [-0.3, -0.25) is 0 Å². The van der Waals surface area contributed by atoms with Crippen molar-refractivity contribution in [1.82, 2.24) is 0 Å². The molecule has 0 aromatic heterocycles. The van der Waals surface area contributed by atoms with Gasteiger partial charge in [0.15, 0.2) is 17.4 Å². The molecular weight excluding hydrogens is 360 g/mol. The van der Waals surface area contributed by atoms with E-state index in [1.165, 1.54) is 31.4 Å². The van der Waals surface area contributed by atoms with Crippen molar-refractivity contribution in [2.45, 2.75) is 4.90 Å². The quantitative estimate of drug-likeness (QED) is 0.751. The lowest BCUT2D eigenvalue weighted by atomic mass is 9.94. The Labute approximate surface area is 149 Å². The number of rotatable bonds is 4. The Kier molecular flexibility index (Phi) is 4.76. The summed E-state index contributed by atoms with van der Waals surface area (Å²) in [7, 11) is -2.60. The highest BCUT2D eigenvalue weighted by Gasteiger charge is 2.15. The van der Waals surface area contributed by atoms with Crippen molar-refractivity contribution < 1.29 is 21.9 Å². The number of hydrogen-bond acceptors (Lipinski definition) is 3. The van der Waals surface area contributed by atoms with Crippen molar-refractivity contribution in [3.8, 4) is 28.0 Å². The highest BCUT2D eigenvalue weighted by molar-refractivity contribution is 7.89. The third-order valence-electron chi connectivity index (χ3n) is 3.93. The fourth-order valence-corrected chi connectivity index (χ4v) is 3.24. The number of methoxy groups -OCH3 is 1. The topological polar surface area (TPSA) is 69.4 Å². The van der Waals surface area contributed by atoms with E-state index < -0.39 is 27.4 Å². The summed E-state index contributed by atoms with van der Waals surface area (Å²) in [5.74, 6) is -2.05. The average molecular weight is 375 g/mol. The molecule has 0 aliphatic carbocycles. The zero-order chi connectivity index (χ0) is 18.9. The van der Waals surface area contributed by atoms with Crippen molar-refractivity contribution in [2.24, 2.45) is 5.14 Å². The summed E-state index contributed by atoms with van der Waals surface area (Å²) in [6, 6.07) is 15.4. The number of sulfonamides is 1. The molecule has 0 radical (unpaired) electrons. The first kappa shape index (κ1) is 18.0.